The van der Waals surface area contributed by atoms with Crippen molar-refractivity contribution >= 4 is 23.4 Å². The number of amides is 3. The van der Waals surface area contributed by atoms with Gasteiger partial charge in [0.05, 0.1) is 17.9 Å². The summed E-state index contributed by atoms with van der Waals surface area (Å²) in [7, 11) is 3.93. The van der Waals surface area contributed by atoms with E-state index in [0.717, 1.165) is 34.8 Å². The van der Waals surface area contributed by atoms with Crippen LogP contribution in [0.3, 0.4) is 0 Å². The van der Waals surface area contributed by atoms with Gasteiger partial charge < -0.3 is 20.3 Å². The molecule has 12 nitrogen and oxygen atoms in total. The van der Waals surface area contributed by atoms with Crippen LogP contribution in [0.4, 0.5) is 10.6 Å². The first-order valence-corrected chi connectivity index (χ1v) is 16.7. The maximum Gasteiger partial charge on any atom is 0.320 e. The standard InChI is InChI=1S/C36H49N9O3/c1-10-22(2)32-43-42-30-18-15-23(20-45(30)32)48-27-17-16-26(24-13-11-12-14-25(24)27)38-34(47)41-29-19-28(35(3,4)5)39-31(40-29)33(46)37-21-36(6,7)44(8)9/h11-15,18-20,22,26-27H,10,16-17,21H2,1-9H3,(H,37,46)(H2,38,39,40,41,47)/t22?,26-,27+/m0/s1. The van der Waals surface area contributed by atoms with Gasteiger partial charge in [-0.05, 0) is 70.5 Å². The zero-order valence-electron chi connectivity index (χ0n) is 29.6. The molecule has 3 amide bonds. The first kappa shape index (κ1) is 34.7. The van der Waals surface area contributed by atoms with Crippen molar-refractivity contribution in [3.05, 3.63) is 77.1 Å². The van der Waals surface area contributed by atoms with Gasteiger partial charge in [-0.1, -0.05) is 58.9 Å². The molecular formula is C36H49N9O3. The molecule has 3 heterocycles. The predicted octanol–water partition coefficient (Wildman–Crippen LogP) is 6.18. The van der Waals surface area contributed by atoms with Gasteiger partial charge >= 0.3 is 6.03 Å². The Morgan fingerprint density at radius 3 is 2.44 bits per heavy atom. The van der Waals surface area contributed by atoms with Gasteiger partial charge in [0.15, 0.2) is 5.65 Å². The summed E-state index contributed by atoms with van der Waals surface area (Å²) in [6, 6.07) is 13.0. The monoisotopic (exact) mass is 655 g/mol. The Hall–Kier alpha value is -4.58. The number of pyridine rings is 1. The van der Waals surface area contributed by atoms with Crippen molar-refractivity contribution in [2.75, 3.05) is 26.0 Å². The Bertz CT molecular complexity index is 1780. The number of nitrogens with zero attached hydrogens (tertiary/aromatic N) is 6. The molecule has 0 saturated heterocycles. The number of carbonyl (C=O) groups is 2. The van der Waals surface area contributed by atoms with Crippen LogP contribution in [0.5, 0.6) is 5.75 Å². The molecule has 1 aliphatic carbocycles. The number of hydrogen-bond acceptors (Lipinski definition) is 8. The van der Waals surface area contributed by atoms with E-state index in [4.69, 9.17) is 4.74 Å². The van der Waals surface area contributed by atoms with E-state index in [9.17, 15) is 9.59 Å². The van der Waals surface area contributed by atoms with Crippen molar-refractivity contribution in [1.82, 2.24) is 40.1 Å². The van der Waals surface area contributed by atoms with E-state index in [2.05, 4.69) is 56.0 Å². The summed E-state index contributed by atoms with van der Waals surface area (Å²) in [6.07, 6.45) is 4.12. The minimum absolute atomic E-state index is 0.0104. The van der Waals surface area contributed by atoms with Gasteiger partial charge in [-0.25, -0.2) is 14.8 Å². The number of benzene rings is 1. The van der Waals surface area contributed by atoms with E-state index in [1.54, 1.807) is 6.07 Å². The van der Waals surface area contributed by atoms with Gasteiger partial charge in [-0.3, -0.25) is 14.5 Å². The number of urea groups is 1. The zero-order valence-corrected chi connectivity index (χ0v) is 29.6. The van der Waals surface area contributed by atoms with Crippen molar-refractivity contribution in [3.63, 3.8) is 0 Å². The number of aromatic nitrogens is 5. The lowest BCUT2D eigenvalue weighted by atomic mass is 9.85. The van der Waals surface area contributed by atoms with Gasteiger partial charge in [0.1, 0.15) is 23.5 Å². The summed E-state index contributed by atoms with van der Waals surface area (Å²) in [5.74, 6) is 1.80. The largest absolute Gasteiger partial charge is 0.484 e. The Balaban J connectivity index is 1.31. The second kappa shape index (κ2) is 13.9. The molecule has 3 aromatic heterocycles. The molecule has 0 spiro atoms. The number of rotatable bonds is 10. The van der Waals surface area contributed by atoms with E-state index >= 15 is 0 Å². The molecule has 12 heteroatoms. The quantitative estimate of drug-likeness (QED) is 0.184. The third kappa shape index (κ3) is 7.75. The molecule has 256 valence electrons. The minimum atomic E-state index is -0.413. The highest BCUT2D eigenvalue weighted by Gasteiger charge is 2.30. The number of nitrogens with one attached hydrogen (secondary N) is 3. The van der Waals surface area contributed by atoms with Gasteiger partial charge in [-0.2, -0.15) is 0 Å². The summed E-state index contributed by atoms with van der Waals surface area (Å²) < 4.78 is 8.55. The molecule has 0 bridgehead atoms. The lowest BCUT2D eigenvalue weighted by molar-refractivity contribution is 0.0909. The molecule has 0 aliphatic heterocycles. The molecule has 48 heavy (non-hydrogen) atoms. The average Bonchev–Trinajstić information content (AvgIpc) is 3.47. The molecule has 4 aromatic rings. The van der Waals surface area contributed by atoms with E-state index in [-0.39, 0.29) is 40.7 Å². The molecule has 0 saturated carbocycles. The van der Waals surface area contributed by atoms with Crippen molar-refractivity contribution in [2.24, 2.45) is 0 Å². The lowest BCUT2D eigenvalue weighted by Gasteiger charge is -2.32. The maximum absolute atomic E-state index is 13.4. The van der Waals surface area contributed by atoms with Crippen LogP contribution in [0.15, 0.2) is 48.7 Å². The van der Waals surface area contributed by atoms with Gasteiger partial charge in [-0.15, -0.1) is 10.2 Å². The molecule has 3 atom stereocenters. The van der Waals surface area contributed by atoms with E-state index in [1.807, 2.05) is 94.5 Å². The van der Waals surface area contributed by atoms with Gasteiger partial charge in [0, 0.05) is 29.5 Å². The molecule has 1 aromatic carbocycles. The zero-order chi connectivity index (χ0) is 34.8. The Morgan fingerprint density at radius 2 is 1.75 bits per heavy atom. The van der Waals surface area contributed by atoms with E-state index in [1.165, 1.54) is 0 Å². The van der Waals surface area contributed by atoms with E-state index in [0.29, 0.717) is 25.1 Å². The second-order valence-corrected chi connectivity index (χ2v) is 14.5. The number of carbonyl (C=O) groups excluding carboxylic acids is 2. The van der Waals surface area contributed by atoms with Crippen molar-refractivity contribution in [1.29, 1.82) is 0 Å². The minimum Gasteiger partial charge on any atom is -0.484 e. The van der Waals surface area contributed by atoms with Crippen LogP contribution >= 0.6 is 0 Å². The number of anilines is 1. The van der Waals surface area contributed by atoms with Crippen molar-refractivity contribution in [3.8, 4) is 5.75 Å². The third-order valence-electron chi connectivity index (χ3n) is 9.31. The van der Waals surface area contributed by atoms with Crippen LogP contribution in [0, 0.1) is 0 Å². The highest BCUT2D eigenvalue weighted by molar-refractivity contribution is 5.92. The molecule has 1 aliphatic rings. The van der Waals surface area contributed by atoms with Crippen LogP contribution in [0.2, 0.25) is 0 Å². The topological polar surface area (TPSA) is 139 Å². The first-order chi connectivity index (χ1) is 22.7. The predicted molar refractivity (Wildman–Crippen MR) is 186 cm³/mol. The Kier molecular flexibility index (Phi) is 10.0. The molecule has 0 fully saturated rings. The van der Waals surface area contributed by atoms with Crippen LogP contribution in [0.1, 0.15) is 119 Å². The molecule has 5 rings (SSSR count). The summed E-state index contributed by atoms with van der Waals surface area (Å²) in [5.41, 5.74) is 2.82. The third-order valence-corrected chi connectivity index (χ3v) is 9.31. The van der Waals surface area contributed by atoms with Gasteiger partial charge in [0.2, 0.25) is 5.82 Å². The van der Waals surface area contributed by atoms with Crippen LogP contribution < -0.4 is 20.7 Å². The number of hydrogen-bond donors (Lipinski definition) is 3. The maximum atomic E-state index is 13.4. The Morgan fingerprint density at radius 1 is 1.02 bits per heavy atom. The van der Waals surface area contributed by atoms with Crippen LogP contribution in [0.25, 0.3) is 5.65 Å². The molecule has 0 radical (unpaired) electrons. The molecule has 1 unspecified atom stereocenters. The molecule has 3 N–H and O–H groups in total. The number of likely N-dealkylation sites (N-methyl/N-ethyl adjacent to an activating group) is 1. The molecular weight excluding hydrogens is 606 g/mol. The van der Waals surface area contributed by atoms with Crippen molar-refractivity contribution < 1.29 is 14.3 Å². The number of ether oxygens (including phenoxy) is 1. The lowest BCUT2D eigenvalue weighted by Crippen LogP contribution is -2.48. The normalized spacial score (nSPS) is 17.1. The fraction of sp³-hybridized carbons (Fsp3) is 0.500. The van der Waals surface area contributed by atoms with Crippen LogP contribution in [-0.4, -0.2) is 67.6 Å². The summed E-state index contributed by atoms with van der Waals surface area (Å²) in [6.45, 7) is 14.8. The van der Waals surface area contributed by atoms with Gasteiger partial charge in [0.25, 0.3) is 5.91 Å². The average molecular weight is 656 g/mol. The smallest absolute Gasteiger partial charge is 0.320 e. The SMILES string of the molecule is CCC(C)c1nnc2ccc(O[C@@H]3CC[C@H](NC(=O)Nc4cc(C(C)(C)C)nc(C(=O)NCC(C)(C)N(C)C)n4)c4ccccc43)cn12. The fourth-order valence-electron chi connectivity index (χ4n) is 5.51. The van der Waals surface area contributed by atoms with Crippen LogP contribution in [-0.2, 0) is 5.41 Å². The second-order valence-electron chi connectivity index (χ2n) is 14.5. The first-order valence-electron chi connectivity index (χ1n) is 16.7. The number of fused-ring (bicyclic) bond motifs is 2. The fourth-order valence-corrected chi connectivity index (χ4v) is 5.51. The highest BCUT2D eigenvalue weighted by atomic mass is 16.5. The summed E-state index contributed by atoms with van der Waals surface area (Å²) in [4.78, 5) is 37.6. The van der Waals surface area contributed by atoms with Crippen molar-refractivity contribution in [2.45, 2.75) is 96.7 Å². The Labute approximate surface area is 283 Å². The summed E-state index contributed by atoms with van der Waals surface area (Å²) >= 11 is 0. The van der Waals surface area contributed by atoms with E-state index < -0.39 is 11.9 Å². The summed E-state index contributed by atoms with van der Waals surface area (Å²) in [5, 5.41) is 17.6. The highest BCUT2D eigenvalue weighted by Crippen LogP contribution is 2.39.